The van der Waals surface area contributed by atoms with E-state index in [1.165, 1.54) is 0 Å². The lowest BCUT2D eigenvalue weighted by atomic mass is 9.96. The summed E-state index contributed by atoms with van der Waals surface area (Å²) in [5.74, 6) is 1.45. The van der Waals surface area contributed by atoms with Crippen molar-refractivity contribution < 1.29 is 13.6 Å². The first-order valence-corrected chi connectivity index (χ1v) is 12.1. The van der Waals surface area contributed by atoms with Gasteiger partial charge in [-0.25, -0.2) is 4.79 Å². The average molecular weight is 381 g/mol. The highest BCUT2D eigenvalue weighted by molar-refractivity contribution is 6.74. The lowest BCUT2D eigenvalue weighted by Gasteiger charge is -2.36. The van der Waals surface area contributed by atoms with Crippen molar-refractivity contribution in [2.24, 2.45) is 0 Å². The summed E-state index contributed by atoms with van der Waals surface area (Å²) in [4.78, 5) is 12.6. The maximum atomic E-state index is 12.6. The van der Waals surface area contributed by atoms with Gasteiger partial charge >= 0.3 is 5.63 Å². The molecule has 3 aromatic rings. The number of para-hydroxylation sites is 1. The van der Waals surface area contributed by atoms with Gasteiger partial charge in [-0.15, -0.1) is 0 Å². The molecule has 27 heavy (non-hydrogen) atoms. The van der Waals surface area contributed by atoms with E-state index in [2.05, 4.69) is 33.9 Å². The molecule has 0 saturated carbocycles. The highest BCUT2D eigenvalue weighted by Crippen LogP contribution is 2.42. The van der Waals surface area contributed by atoms with Crippen LogP contribution in [0.5, 0.6) is 11.5 Å². The van der Waals surface area contributed by atoms with Crippen LogP contribution in [0.1, 0.15) is 26.3 Å². The van der Waals surface area contributed by atoms with Crippen LogP contribution in [0.2, 0.25) is 18.1 Å². The molecular formula is C22H24O4Si. The summed E-state index contributed by atoms with van der Waals surface area (Å²) in [7, 11) is -1.95. The molecule has 1 aliphatic heterocycles. The Balaban J connectivity index is 1.81. The van der Waals surface area contributed by atoms with E-state index < -0.39 is 8.32 Å². The number of hydrogen-bond acceptors (Lipinski definition) is 4. The summed E-state index contributed by atoms with van der Waals surface area (Å²) in [6, 6.07) is 13.3. The van der Waals surface area contributed by atoms with Crippen molar-refractivity contribution >= 4 is 19.3 Å². The van der Waals surface area contributed by atoms with E-state index in [0.717, 1.165) is 22.3 Å². The van der Waals surface area contributed by atoms with Crippen LogP contribution in [-0.4, -0.2) is 8.32 Å². The quantitative estimate of drug-likeness (QED) is 0.420. The number of ether oxygens (including phenoxy) is 1. The van der Waals surface area contributed by atoms with Crippen LogP contribution in [0.25, 0.3) is 22.1 Å². The first kappa shape index (κ1) is 17.9. The van der Waals surface area contributed by atoms with Crippen LogP contribution >= 0.6 is 0 Å². The number of hydrogen-bond donors (Lipinski definition) is 0. The van der Waals surface area contributed by atoms with Gasteiger partial charge in [-0.05, 0) is 36.3 Å². The van der Waals surface area contributed by atoms with Crippen molar-refractivity contribution in [3.8, 4) is 22.6 Å². The van der Waals surface area contributed by atoms with Gasteiger partial charge in [-0.1, -0.05) is 39.0 Å². The normalized spacial score (nSPS) is 13.7. The highest BCUT2D eigenvalue weighted by atomic mass is 28.4. The highest BCUT2D eigenvalue weighted by Gasteiger charge is 2.39. The number of rotatable bonds is 2. The van der Waals surface area contributed by atoms with E-state index in [9.17, 15) is 4.79 Å². The molecule has 0 spiro atoms. The second kappa shape index (κ2) is 5.99. The standard InChI is InChI=1S/C22H24O4Si/c1-22(2,3)27(4,5)26-14-10-11-16-19(12-14)24-13-17-15-8-6-7-9-18(15)25-21(23)20(16)17/h6-12H,13H2,1-5H3. The summed E-state index contributed by atoms with van der Waals surface area (Å²) in [5, 5.41) is 1.02. The monoisotopic (exact) mass is 380 g/mol. The molecule has 0 bridgehead atoms. The zero-order valence-electron chi connectivity index (χ0n) is 16.4. The number of benzene rings is 2. The van der Waals surface area contributed by atoms with Gasteiger partial charge in [0.05, 0.1) is 5.56 Å². The van der Waals surface area contributed by atoms with Crippen LogP contribution in [0.15, 0.2) is 51.7 Å². The van der Waals surface area contributed by atoms with Gasteiger partial charge < -0.3 is 13.6 Å². The van der Waals surface area contributed by atoms with E-state index in [4.69, 9.17) is 13.6 Å². The Morgan fingerprint density at radius 3 is 2.56 bits per heavy atom. The van der Waals surface area contributed by atoms with Gasteiger partial charge in [-0.2, -0.15) is 0 Å². The molecule has 0 radical (unpaired) electrons. The molecule has 0 atom stereocenters. The maximum absolute atomic E-state index is 12.6. The molecule has 0 fully saturated rings. The predicted molar refractivity (Wildman–Crippen MR) is 110 cm³/mol. The third-order valence-electron chi connectivity index (χ3n) is 5.69. The zero-order valence-corrected chi connectivity index (χ0v) is 17.4. The molecule has 0 saturated heterocycles. The van der Waals surface area contributed by atoms with Crippen molar-refractivity contribution in [1.82, 2.24) is 0 Å². The van der Waals surface area contributed by atoms with E-state index >= 15 is 0 Å². The first-order valence-electron chi connectivity index (χ1n) is 9.18. The Hall–Kier alpha value is -2.53. The Morgan fingerprint density at radius 1 is 1.07 bits per heavy atom. The summed E-state index contributed by atoms with van der Waals surface area (Å²) < 4.78 is 17.9. The van der Waals surface area contributed by atoms with Crippen LogP contribution < -0.4 is 14.8 Å². The maximum Gasteiger partial charge on any atom is 0.344 e. The molecule has 2 heterocycles. The van der Waals surface area contributed by atoms with E-state index in [0.29, 0.717) is 23.5 Å². The Bertz CT molecular complexity index is 1090. The van der Waals surface area contributed by atoms with E-state index in [-0.39, 0.29) is 10.7 Å². The third-order valence-corrected chi connectivity index (χ3v) is 10.1. The molecule has 0 aliphatic carbocycles. The van der Waals surface area contributed by atoms with Gasteiger partial charge in [-0.3, -0.25) is 0 Å². The Morgan fingerprint density at radius 2 is 1.81 bits per heavy atom. The third kappa shape index (κ3) is 2.96. The molecule has 140 valence electrons. The summed E-state index contributed by atoms with van der Waals surface area (Å²) in [6.07, 6.45) is 0. The van der Waals surface area contributed by atoms with Crippen LogP contribution in [0.3, 0.4) is 0 Å². The average Bonchev–Trinajstić information content (AvgIpc) is 2.60. The summed E-state index contributed by atoms with van der Waals surface area (Å²) >= 11 is 0. The number of fused-ring (bicyclic) bond motifs is 5. The molecule has 1 aliphatic rings. The lowest BCUT2D eigenvalue weighted by Crippen LogP contribution is -2.43. The summed E-state index contributed by atoms with van der Waals surface area (Å²) in [5.41, 5.74) is 2.50. The van der Waals surface area contributed by atoms with Crippen molar-refractivity contribution in [3.63, 3.8) is 0 Å². The molecule has 0 amide bonds. The molecule has 5 heteroatoms. The molecule has 0 unspecified atom stereocenters. The smallest absolute Gasteiger partial charge is 0.344 e. The van der Waals surface area contributed by atoms with Crippen molar-refractivity contribution in [2.45, 2.75) is 45.5 Å². The molecular weight excluding hydrogens is 356 g/mol. The first-order chi connectivity index (χ1) is 12.7. The topological polar surface area (TPSA) is 48.7 Å². The fourth-order valence-electron chi connectivity index (χ4n) is 3.13. The summed E-state index contributed by atoms with van der Waals surface area (Å²) in [6.45, 7) is 11.4. The minimum atomic E-state index is -1.95. The largest absolute Gasteiger partial charge is 0.543 e. The van der Waals surface area contributed by atoms with Gasteiger partial charge in [0.2, 0.25) is 8.32 Å². The molecule has 0 N–H and O–H groups in total. The van der Waals surface area contributed by atoms with Gasteiger partial charge in [0.15, 0.2) is 0 Å². The Labute approximate surface area is 159 Å². The second-order valence-corrected chi connectivity index (χ2v) is 13.3. The van der Waals surface area contributed by atoms with Crippen LogP contribution in [0, 0.1) is 0 Å². The molecule has 2 aromatic carbocycles. The van der Waals surface area contributed by atoms with Crippen molar-refractivity contribution in [2.75, 3.05) is 0 Å². The molecule has 4 rings (SSSR count). The molecule has 4 nitrogen and oxygen atoms in total. The van der Waals surface area contributed by atoms with Gasteiger partial charge in [0.25, 0.3) is 0 Å². The van der Waals surface area contributed by atoms with Gasteiger partial charge in [0, 0.05) is 22.6 Å². The predicted octanol–water partition coefficient (Wildman–Crippen LogP) is 5.74. The lowest BCUT2D eigenvalue weighted by molar-refractivity contribution is 0.301. The second-order valence-electron chi connectivity index (χ2n) is 8.55. The minimum absolute atomic E-state index is 0.107. The fraction of sp³-hybridized carbons (Fsp3) is 0.318. The van der Waals surface area contributed by atoms with E-state index in [1.807, 2.05) is 42.5 Å². The van der Waals surface area contributed by atoms with Crippen molar-refractivity contribution in [1.29, 1.82) is 0 Å². The van der Waals surface area contributed by atoms with Crippen LogP contribution in [0.4, 0.5) is 0 Å². The van der Waals surface area contributed by atoms with Gasteiger partial charge in [0.1, 0.15) is 23.7 Å². The fourth-order valence-corrected chi connectivity index (χ4v) is 4.15. The van der Waals surface area contributed by atoms with Crippen molar-refractivity contribution in [3.05, 3.63) is 58.4 Å². The van der Waals surface area contributed by atoms with E-state index in [1.54, 1.807) is 0 Å². The zero-order chi connectivity index (χ0) is 19.4. The Kier molecular flexibility index (Phi) is 3.96. The SMILES string of the molecule is CC(C)(C)[Si](C)(C)Oc1ccc2c(c1)OCc1c-2c(=O)oc2ccccc12. The molecule has 1 aromatic heterocycles. The van der Waals surface area contributed by atoms with Crippen LogP contribution in [-0.2, 0) is 6.61 Å². The minimum Gasteiger partial charge on any atom is -0.543 e.